The minimum Gasteiger partial charge on any atom is -0.348 e. The summed E-state index contributed by atoms with van der Waals surface area (Å²) >= 11 is 0. The average molecular weight is 342 g/mol. The molecule has 2 atom stereocenters. The molecule has 2 aliphatic rings. The first-order chi connectivity index (χ1) is 12.2. The maximum atomic E-state index is 13.4. The molecule has 5 rings (SSSR count). The van der Waals surface area contributed by atoms with Crippen LogP contribution in [0, 0.1) is 11.6 Å². The lowest BCUT2D eigenvalue weighted by atomic mass is 10.2. The lowest BCUT2D eigenvalue weighted by Gasteiger charge is -2.34. The summed E-state index contributed by atoms with van der Waals surface area (Å²) in [6.07, 6.45) is 6.28. The van der Waals surface area contributed by atoms with Crippen LogP contribution in [0.2, 0.25) is 0 Å². The summed E-state index contributed by atoms with van der Waals surface area (Å²) in [5.74, 6) is -0.198. The molecule has 8 heteroatoms. The second-order valence-electron chi connectivity index (χ2n) is 6.72. The van der Waals surface area contributed by atoms with E-state index in [9.17, 15) is 8.78 Å². The van der Waals surface area contributed by atoms with Crippen LogP contribution in [0.5, 0.6) is 0 Å². The van der Waals surface area contributed by atoms with E-state index in [1.54, 1.807) is 12.5 Å². The van der Waals surface area contributed by atoms with Gasteiger partial charge in [0.2, 0.25) is 5.65 Å². The van der Waals surface area contributed by atoms with Crippen molar-refractivity contribution < 1.29 is 8.78 Å². The third-order valence-corrected chi connectivity index (χ3v) is 5.13. The van der Waals surface area contributed by atoms with Crippen LogP contribution in [-0.2, 0) is 6.54 Å². The molecule has 25 heavy (non-hydrogen) atoms. The van der Waals surface area contributed by atoms with Gasteiger partial charge in [-0.3, -0.25) is 9.30 Å². The highest BCUT2D eigenvalue weighted by molar-refractivity contribution is 5.64. The number of hydrogen-bond acceptors (Lipinski definition) is 5. The molecule has 128 valence electrons. The van der Waals surface area contributed by atoms with Gasteiger partial charge in [-0.05, 0) is 24.1 Å². The molecule has 6 nitrogen and oxygen atoms in total. The molecule has 4 heterocycles. The van der Waals surface area contributed by atoms with E-state index in [0.717, 1.165) is 37.0 Å². The number of nitrogens with zero attached hydrogens (tertiary/aromatic N) is 6. The second-order valence-corrected chi connectivity index (χ2v) is 6.72. The average Bonchev–Trinajstić information content (AvgIpc) is 3.28. The molecular formula is C17H16F2N6. The summed E-state index contributed by atoms with van der Waals surface area (Å²) in [5, 5.41) is 8.11. The molecule has 2 aromatic heterocycles. The van der Waals surface area contributed by atoms with Gasteiger partial charge in [-0.15, -0.1) is 10.2 Å². The first-order valence-electron chi connectivity index (χ1n) is 8.27. The Morgan fingerprint density at radius 1 is 1.08 bits per heavy atom. The van der Waals surface area contributed by atoms with Gasteiger partial charge < -0.3 is 4.90 Å². The van der Waals surface area contributed by atoms with Gasteiger partial charge in [0.1, 0.15) is 18.0 Å². The van der Waals surface area contributed by atoms with Crippen molar-refractivity contribution in [2.75, 3.05) is 18.0 Å². The first-order valence-corrected chi connectivity index (χ1v) is 8.27. The van der Waals surface area contributed by atoms with Gasteiger partial charge in [0, 0.05) is 50.2 Å². The molecule has 0 radical (unpaired) electrons. The SMILES string of the molecule is Fc1cc(F)cc(CN2CC3CC2CN3c2nccn3cnnc23)c1. The normalized spacial score (nSPS) is 23.0. The summed E-state index contributed by atoms with van der Waals surface area (Å²) in [6.45, 7) is 2.24. The fourth-order valence-electron chi connectivity index (χ4n) is 4.09. The van der Waals surface area contributed by atoms with Crippen LogP contribution < -0.4 is 4.90 Å². The molecule has 2 fully saturated rings. The van der Waals surface area contributed by atoms with Crippen LogP contribution in [0.25, 0.3) is 5.65 Å². The predicted molar refractivity (Wildman–Crippen MR) is 87.1 cm³/mol. The summed E-state index contributed by atoms with van der Waals surface area (Å²) < 4.78 is 28.7. The first kappa shape index (κ1) is 14.7. The Labute approximate surface area is 142 Å². The Kier molecular flexibility index (Phi) is 3.21. The molecule has 3 aromatic rings. The summed E-state index contributed by atoms with van der Waals surface area (Å²) in [6, 6.07) is 4.41. The number of hydrogen-bond donors (Lipinski definition) is 0. The highest BCUT2D eigenvalue weighted by Gasteiger charge is 2.44. The molecule has 0 aliphatic carbocycles. The highest BCUT2D eigenvalue weighted by Crippen LogP contribution is 2.35. The van der Waals surface area contributed by atoms with Gasteiger partial charge in [0.25, 0.3) is 0 Å². The minimum atomic E-state index is -0.524. The Balaban J connectivity index is 1.36. The maximum Gasteiger partial charge on any atom is 0.203 e. The van der Waals surface area contributed by atoms with Gasteiger partial charge in [-0.2, -0.15) is 0 Å². The molecular weight excluding hydrogens is 326 g/mol. The number of fused-ring (bicyclic) bond motifs is 3. The molecule has 0 spiro atoms. The van der Waals surface area contributed by atoms with E-state index in [2.05, 4.69) is 25.0 Å². The number of benzene rings is 1. The summed E-state index contributed by atoms with van der Waals surface area (Å²) in [5.41, 5.74) is 1.43. The van der Waals surface area contributed by atoms with Crippen molar-refractivity contribution in [3.05, 3.63) is 54.1 Å². The zero-order valence-corrected chi connectivity index (χ0v) is 13.4. The van der Waals surface area contributed by atoms with Crippen molar-refractivity contribution in [3.63, 3.8) is 0 Å². The monoisotopic (exact) mass is 342 g/mol. The van der Waals surface area contributed by atoms with E-state index in [0.29, 0.717) is 24.2 Å². The molecule has 0 amide bonds. The number of anilines is 1. The fourth-order valence-corrected chi connectivity index (χ4v) is 4.09. The number of piperazine rings is 1. The molecule has 2 saturated heterocycles. The molecule has 1 aromatic carbocycles. The predicted octanol–water partition coefficient (Wildman–Crippen LogP) is 1.87. The molecule has 0 saturated carbocycles. The number of rotatable bonds is 3. The third kappa shape index (κ3) is 2.44. The molecule has 2 aliphatic heterocycles. The van der Waals surface area contributed by atoms with Crippen LogP contribution in [0.1, 0.15) is 12.0 Å². The van der Waals surface area contributed by atoms with E-state index in [1.807, 2.05) is 10.6 Å². The number of likely N-dealkylation sites (tertiary alicyclic amines) is 1. The van der Waals surface area contributed by atoms with Crippen molar-refractivity contribution in [1.29, 1.82) is 0 Å². The van der Waals surface area contributed by atoms with Crippen LogP contribution in [0.3, 0.4) is 0 Å². The largest absolute Gasteiger partial charge is 0.348 e. The third-order valence-electron chi connectivity index (χ3n) is 5.13. The van der Waals surface area contributed by atoms with Gasteiger partial charge >= 0.3 is 0 Å². The highest BCUT2D eigenvalue weighted by atomic mass is 19.1. The standard InChI is InChI=1S/C17H16F2N6/c18-12-3-11(4-13(19)5-12)7-24-8-15-6-14(24)9-25(15)16-17-22-21-10-23(17)2-1-20-16/h1-5,10,14-15H,6-9H2. The Bertz CT molecular complexity index is 922. The van der Waals surface area contributed by atoms with E-state index in [4.69, 9.17) is 0 Å². The molecule has 0 N–H and O–H groups in total. The van der Waals surface area contributed by atoms with E-state index in [1.165, 1.54) is 12.1 Å². The minimum absolute atomic E-state index is 0.332. The van der Waals surface area contributed by atoms with Gasteiger partial charge in [-0.25, -0.2) is 13.8 Å². The summed E-state index contributed by atoms with van der Waals surface area (Å²) in [4.78, 5) is 9.06. The van der Waals surface area contributed by atoms with E-state index < -0.39 is 11.6 Å². The van der Waals surface area contributed by atoms with Crippen molar-refractivity contribution >= 4 is 11.5 Å². The quantitative estimate of drug-likeness (QED) is 0.727. The van der Waals surface area contributed by atoms with Gasteiger partial charge in [-0.1, -0.05) is 0 Å². The topological polar surface area (TPSA) is 49.6 Å². The van der Waals surface area contributed by atoms with E-state index >= 15 is 0 Å². The van der Waals surface area contributed by atoms with Crippen LogP contribution in [-0.4, -0.2) is 49.7 Å². The van der Waals surface area contributed by atoms with Crippen molar-refractivity contribution in [3.8, 4) is 0 Å². The van der Waals surface area contributed by atoms with Crippen molar-refractivity contribution in [2.45, 2.75) is 25.0 Å². The van der Waals surface area contributed by atoms with Crippen molar-refractivity contribution in [2.24, 2.45) is 0 Å². The summed E-state index contributed by atoms with van der Waals surface area (Å²) in [7, 11) is 0. The lowest BCUT2D eigenvalue weighted by molar-refractivity contribution is 0.229. The zero-order valence-electron chi connectivity index (χ0n) is 13.4. The van der Waals surface area contributed by atoms with Crippen LogP contribution in [0.4, 0.5) is 14.6 Å². The Morgan fingerprint density at radius 3 is 2.68 bits per heavy atom. The fraction of sp³-hybridized carbons (Fsp3) is 0.353. The van der Waals surface area contributed by atoms with E-state index in [-0.39, 0.29) is 0 Å². The second kappa shape index (κ2) is 5.45. The van der Waals surface area contributed by atoms with Crippen LogP contribution >= 0.6 is 0 Å². The Morgan fingerprint density at radius 2 is 1.92 bits per heavy atom. The number of halogens is 2. The van der Waals surface area contributed by atoms with Gasteiger partial charge in [0.05, 0.1) is 0 Å². The van der Waals surface area contributed by atoms with Gasteiger partial charge in [0.15, 0.2) is 5.82 Å². The Hall–Kier alpha value is -2.61. The molecule has 2 unspecified atom stereocenters. The van der Waals surface area contributed by atoms with Crippen LogP contribution in [0.15, 0.2) is 36.9 Å². The maximum absolute atomic E-state index is 13.4. The van der Waals surface area contributed by atoms with Crippen molar-refractivity contribution in [1.82, 2.24) is 24.5 Å². The molecule has 2 bridgehead atoms. The number of aromatic nitrogens is 4. The zero-order chi connectivity index (χ0) is 17.0. The smallest absolute Gasteiger partial charge is 0.203 e. The lowest BCUT2D eigenvalue weighted by Crippen LogP contribution is -2.46.